The second-order valence-corrected chi connectivity index (χ2v) is 5.44. The van der Waals surface area contributed by atoms with Gasteiger partial charge in [-0.3, -0.25) is 4.79 Å². The molecule has 1 heterocycles. The van der Waals surface area contributed by atoms with Crippen molar-refractivity contribution in [2.24, 2.45) is 11.8 Å². The second kappa shape index (κ2) is 3.52. The highest BCUT2D eigenvalue weighted by molar-refractivity contribution is 7.99. The van der Waals surface area contributed by atoms with E-state index in [4.69, 9.17) is 0 Å². The first-order valence-electron chi connectivity index (χ1n) is 5.04. The Balaban J connectivity index is 1.88. The van der Waals surface area contributed by atoms with Gasteiger partial charge in [-0.05, 0) is 24.5 Å². The maximum absolute atomic E-state index is 11.8. The molecule has 3 heteroatoms. The molecule has 1 saturated carbocycles. The molecule has 0 radical (unpaired) electrons. The van der Waals surface area contributed by atoms with Gasteiger partial charge in [0.05, 0.1) is 0 Å². The Morgan fingerprint density at radius 2 is 2.23 bits per heavy atom. The Morgan fingerprint density at radius 3 is 2.69 bits per heavy atom. The summed E-state index contributed by atoms with van der Waals surface area (Å²) in [6.07, 6.45) is 2.30. The summed E-state index contributed by atoms with van der Waals surface area (Å²) in [5.74, 6) is 3.76. The zero-order valence-electron chi connectivity index (χ0n) is 8.32. The summed E-state index contributed by atoms with van der Waals surface area (Å²) in [6.45, 7) is 2.17. The highest BCUT2D eigenvalue weighted by Gasteiger charge is 2.42. The van der Waals surface area contributed by atoms with Crippen LogP contribution in [0.3, 0.4) is 0 Å². The minimum atomic E-state index is 0.357. The number of carbonyl (C=O) groups is 1. The van der Waals surface area contributed by atoms with Gasteiger partial charge in [0.15, 0.2) is 0 Å². The normalized spacial score (nSPS) is 37.5. The van der Waals surface area contributed by atoms with E-state index in [2.05, 4.69) is 6.92 Å². The number of thioether (sulfide) groups is 1. The molecule has 1 saturated heterocycles. The fraction of sp³-hybridized carbons (Fsp3) is 0.900. The lowest BCUT2D eigenvalue weighted by atomic mass is 10.2. The molecule has 1 unspecified atom stereocenters. The van der Waals surface area contributed by atoms with Crippen LogP contribution in [0.15, 0.2) is 0 Å². The molecular formula is C10H17NOS. The summed E-state index contributed by atoms with van der Waals surface area (Å²) >= 11 is 1.97. The molecule has 74 valence electrons. The van der Waals surface area contributed by atoms with Gasteiger partial charge in [0.25, 0.3) is 0 Å². The number of hydrogen-bond donors (Lipinski definition) is 0. The zero-order valence-corrected chi connectivity index (χ0v) is 9.14. The predicted octanol–water partition coefficient (Wildman–Crippen LogP) is 1.61. The van der Waals surface area contributed by atoms with Crippen LogP contribution in [0.5, 0.6) is 0 Å². The number of rotatable bonds is 2. The van der Waals surface area contributed by atoms with Crippen LogP contribution < -0.4 is 0 Å². The fourth-order valence-corrected chi connectivity index (χ4v) is 3.20. The van der Waals surface area contributed by atoms with E-state index in [1.165, 1.54) is 12.2 Å². The molecule has 1 aliphatic carbocycles. The van der Waals surface area contributed by atoms with Gasteiger partial charge in [0.1, 0.15) is 0 Å². The van der Waals surface area contributed by atoms with Crippen molar-refractivity contribution in [3.63, 3.8) is 0 Å². The Kier molecular flexibility index (Phi) is 2.54. The number of carbonyl (C=O) groups excluding carboxylic acids is 1. The fourth-order valence-electron chi connectivity index (χ4n) is 1.94. The summed E-state index contributed by atoms with van der Waals surface area (Å²) in [7, 11) is 1.98. The van der Waals surface area contributed by atoms with Gasteiger partial charge in [0, 0.05) is 24.8 Å². The minimum Gasteiger partial charge on any atom is -0.342 e. The Labute approximate surface area is 84.1 Å². The number of nitrogens with zero attached hydrogens (tertiary/aromatic N) is 1. The van der Waals surface area contributed by atoms with Gasteiger partial charge in [-0.15, -0.1) is 0 Å². The summed E-state index contributed by atoms with van der Waals surface area (Å²) < 4.78 is 0. The molecule has 0 spiro atoms. The molecule has 0 bridgehead atoms. The van der Waals surface area contributed by atoms with Crippen LogP contribution in [0, 0.1) is 11.8 Å². The lowest BCUT2D eigenvalue weighted by Gasteiger charge is -2.23. The minimum absolute atomic E-state index is 0.357. The van der Waals surface area contributed by atoms with E-state index < -0.39 is 0 Å². The summed E-state index contributed by atoms with van der Waals surface area (Å²) in [6, 6.07) is 0.519. The predicted molar refractivity (Wildman–Crippen MR) is 55.8 cm³/mol. The maximum Gasteiger partial charge on any atom is 0.225 e. The smallest absolute Gasteiger partial charge is 0.225 e. The first-order chi connectivity index (χ1) is 6.20. The van der Waals surface area contributed by atoms with Crippen molar-refractivity contribution in [1.29, 1.82) is 0 Å². The average molecular weight is 199 g/mol. The van der Waals surface area contributed by atoms with Crippen LogP contribution in [0.1, 0.15) is 19.8 Å². The summed E-state index contributed by atoms with van der Waals surface area (Å²) in [5, 5.41) is 0. The van der Waals surface area contributed by atoms with E-state index >= 15 is 0 Å². The molecule has 1 amide bonds. The largest absolute Gasteiger partial charge is 0.342 e. The van der Waals surface area contributed by atoms with Crippen LogP contribution in [0.25, 0.3) is 0 Å². The first kappa shape index (κ1) is 9.38. The van der Waals surface area contributed by atoms with Crippen molar-refractivity contribution in [2.45, 2.75) is 25.8 Å². The molecule has 0 aromatic heterocycles. The zero-order chi connectivity index (χ0) is 9.42. The van der Waals surface area contributed by atoms with E-state index in [-0.39, 0.29) is 0 Å². The van der Waals surface area contributed by atoms with E-state index in [0.29, 0.717) is 23.8 Å². The third-order valence-corrected chi connectivity index (χ3v) is 4.37. The molecule has 3 atom stereocenters. The standard InChI is InChI=1S/C10H17NOS/c1-7-5-9(7)10(12)11(2)8-3-4-13-6-8/h7-9H,3-6H2,1-2H3/t7-,8?,9-/m0/s1. The third-order valence-electron chi connectivity index (χ3n) is 3.23. The molecule has 2 rings (SSSR count). The molecule has 2 aliphatic rings. The van der Waals surface area contributed by atoms with E-state index in [9.17, 15) is 4.79 Å². The maximum atomic E-state index is 11.8. The van der Waals surface area contributed by atoms with Crippen LogP contribution in [0.4, 0.5) is 0 Å². The highest BCUT2D eigenvalue weighted by Crippen LogP contribution is 2.39. The molecule has 1 aliphatic heterocycles. The SMILES string of the molecule is C[C@H]1C[C@@H]1C(=O)N(C)C1CCSC1. The van der Waals surface area contributed by atoms with Gasteiger partial charge >= 0.3 is 0 Å². The second-order valence-electron chi connectivity index (χ2n) is 4.29. The van der Waals surface area contributed by atoms with Gasteiger partial charge in [0.2, 0.25) is 5.91 Å². The Hall–Kier alpha value is -0.180. The molecule has 2 nitrogen and oxygen atoms in total. The first-order valence-corrected chi connectivity index (χ1v) is 6.20. The molecule has 13 heavy (non-hydrogen) atoms. The average Bonchev–Trinajstić information content (AvgIpc) is 2.69. The Bertz CT molecular complexity index is 213. The van der Waals surface area contributed by atoms with E-state index in [0.717, 1.165) is 12.2 Å². The third kappa shape index (κ3) is 1.85. The van der Waals surface area contributed by atoms with Crippen molar-refractivity contribution in [1.82, 2.24) is 4.90 Å². The number of hydrogen-bond acceptors (Lipinski definition) is 2. The van der Waals surface area contributed by atoms with Crippen LogP contribution in [-0.4, -0.2) is 35.4 Å². The summed E-state index contributed by atoms with van der Waals surface area (Å²) in [5.41, 5.74) is 0. The lowest BCUT2D eigenvalue weighted by molar-refractivity contribution is -0.133. The molecule has 0 N–H and O–H groups in total. The van der Waals surface area contributed by atoms with Crippen molar-refractivity contribution in [3.8, 4) is 0 Å². The van der Waals surface area contributed by atoms with Crippen LogP contribution in [-0.2, 0) is 4.79 Å². The van der Waals surface area contributed by atoms with E-state index in [1.807, 2.05) is 23.7 Å². The van der Waals surface area contributed by atoms with Gasteiger partial charge in [-0.25, -0.2) is 0 Å². The van der Waals surface area contributed by atoms with Crippen molar-refractivity contribution in [3.05, 3.63) is 0 Å². The van der Waals surface area contributed by atoms with E-state index in [1.54, 1.807) is 0 Å². The van der Waals surface area contributed by atoms with Gasteiger partial charge in [-0.1, -0.05) is 6.92 Å². The molecule has 0 aromatic carbocycles. The van der Waals surface area contributed by atoms with Gasteiger partial charge < -0.3 is 4.90 Å². The topological polar surface area (TPSA) is 20.3 Å². The lowest BCUT2D eigenvalue weighted by Crippen LogP contribution is -2.38. The van der Waals surface area contributed by atoms with Crippen molar-refractivity contribution in [2.75, 3.05) is 18.6 Å². The van der Waals surface area contributed by atoms with Crippen LogP contribution >= 0.6 is 11.8 Å². The molecule has 2 fully saturated rings. The number of amides is 1. The monoisotopic (exact) mass is 199 g/mol. The van der Waals surface area contributed by atoms with Gasteiger partial charge in [-0.2, -0.15) is 11.8 Å². The quantitative estimate of drug-likeness (QED) is 0.673. The molecule has 0 aromatic rings. The molecular weight excluding hydrogens is 182 g/mol. The van der Waals surface area contributed by atoms with Crippen molar-refractivity contribution < 1.29 is 4.79 Å². The highest BCUT2D eigenvalue weighted by atomic mass is 32.2. The summed E-state index contributed by atoms with van der Waals surface area (Å²) in [4.78, 5) is 13.8. The Morgan fingerprint density at radius 1 is 1.54 bits per heavy atom. The van der Waals surface area contributed by atoms with Crippen LogP contribution in [0.2, 0.25) is 0 Å². The van der Waals surface area contributed by atoms with Crippen molar-refractivity contribution >= 4 is 17.7 Å².